The highest BCUT2D eigenvalue weighted by Gasteiger charge is 2.34. The predicted octanol–water partition coefficient (Wildman–Crippen LogP) is 5.09. The van der Waals surface area contributed by atoms with E-state index in [2.05, 4.69) is 20.9 Å². The van der Waals surface area contributed by atoms with Gasteiger partial charge in [-0.15, -0.1) is 0 Å². The first-order valence-electron chi connectivity index (χ1n) is 6.18. The Balaban J connectivity index is 2.35. The molecule has 0 saturated heterocycles. The monoisotopic (exact) mass is 354 g/mol. The van der Waals surface area contributed by atoms with E-state index in [1.807, 2.05) is 31.2 Å². The van der Waals surface area contributed by atoms with E-state index in [9.17, 15) is 13.2 Å². The smallest absolute Gasteiger partial charge is 0.293 e. The Kier molecular flexibility index (Phi) is 3.28. The zero-order chi connectivity index (χ0) is 15.2. The summed E-state index contributed by atoms with van der Waals surface area (Å²) in [5.74, 6) is 0. The highest BCUT2D eigenvalue weighted by atomic mass is 79.9. The zero-order valence-electron chi connectivity index (χ0n) is 10.9. The molecule has 2 aromatic heterocycles. The molecule has 0 atom stereocenters. The Hall–Kier alpha value is -1.82. The number of aromatic nitrogens is 2. The van der Waals surface area contributed by atoms with Crippen LogP contribution in [-0.2, 0) is 6.18 Å². The van der Waals surface area contributed by atoms with Gasteiger partial charge in [-0.25, -0.2) is 4.98 Å². The molecule has 108 valence electrons. The fourth-order valence-electron chi connectivity index (χ4n) is 2.31. The van der Waals surface area contributed by atoms with Gasteiger partial charge in [-0.1, -0.05) is 24.3 Å². The van der Waals surface area contributed by atoms with Gasteiger partial charge in [0.2, 0.25) is 0 Å². The fraction of sp³-hybridized carbons (Fsp3) is 0.133. The third-order valence-corrected chi connectivity index (χ3v) is 3.91. The predicted molar refractivity (Wildman–Crippen MR) is 78.1 cm³/mol. The molecule has 0 N–H and O–H groups in total. The minimum absolute atomic E-state index is 0.105. The molecule has 0 saturated carbocycles. The maximum atomic E-state index is 13.3. The van der Waals surface area contributed by atoms with Crippen LogP contribution in [0.2, 0.25) is 0 Å². The first-order chi connectivity index (χ1) is 9.88. The van der Waals surface area contributed by atoms with E-state index in [1.165, 1.54) is 10.6 Å². The first-order valence-corrected chi connectivity index (χ1v) is 6.97. The van der Waals surface area contributed by atoms with Crippen molar-refractivity contribution in [2.45, 2.75) is 13.1 Å². The standard InChI is InChI=1S/C15H10BrF3N2/c1-9-4-2-3-5-11(9)10-6-12(15(17,18)19)14-20-7-13(16)21(14)8-10/h2-8H,1H3. The number of nitrogens with zero attached hydrogens (tertiary/aromatic N) is 2. The number of benzene rings is 1. The number of imidazole rings is 1. The number of rotatable bonds is 1. The van der Waals surface area contributed by atoms with Gasteiger partial charge in [-0.05, 0) is 45.6 Å². The van der Waals surface area contributed by atoms with Gasteiger partial charge < -0.3 is 0 Å². The van der Waals surface area contributed by atoms with Crippen LogP contribution in [0.1, 0.15) is 11.1 Å². The lowest BCUT2D eigenvalue weighted by Crippen LogP contribution is -2.08. The van der Waals surface area contributed by atoms with Crippen molar-refractivity contribution in [1.29, 1.82) is 0 Å². The largest absolute Gasteiger partial charge is 0.420 e. The molecule has 0 aliphatic heterocycles. The number of hydrogen-bond donors (Lipinski definition) is 0. The summed E-state index contributed by atoms with van der Waals surface area (Å²) in [6.07, 6.45) is -1.43. The van der Waals surface area contributed by atoms with Gasteiger partial charge in [-0.3, -0.25) is 4.40 Å². The zero-order valence-corrected chi connectivity index (χ0v) is 12.5. The third-order valence-electron chi connectivity index (χ3n) is 3.32. The van der Waals surface area contributed by atoms with Gasteiger partial charge >= 0.3 is 6.18 Å². The van der Waals surface area contributed by atoms with E-state index in [-0.39, 0.29) is 5.65 Å². The lowest BCUT2D eigenvalue weighted by molar-refractivity contribution is -0.136. The lowest BCUT2D eigenvalue weighted by Gasteiger charge is -2.13. The van der Waals surface area contributed by atoms with Gasteiger partial charge in [0, 0.05) is 6.20 Å². The summed E-state index contributed by atoms with van der Waals surface area (Å²) in [6.45, 7) is 1.87. The molecule has 0 aliphatic carbocycles. The first kappa shape index (κ1) is 14.1. The SMILES string of the molecule is Cc1ccccc1-c1cc(C(F)(F)F)c2ncc(Br)n2c1. The minimum atomic E-state index is -4.45. The van der Waals surface area contributed by atoms with E-state index >= 15 is 0 Å². The van der Waals surface area contributed by atoms with Crippen molar-refractivity contribution in [3.05, 3.63) is 58.5 Å². The summed E-state index contributed by atoms with van der Waals surface area (Å²) >= 11 is 3.23. The Morgan fingerprint density at radius 1 is 1.19 bits per heavy atom. The fourth-order valence-corrected chi connectivity index (χ4v) is 2.68. The summed E-state index contributed by atoms with van der Waals surface area (Å²) in [5.41, 5.74) is 1.35. The maximum Gasteiger partial charge on any atom is 0.420 e. The number of fused-ring (bicyclic) bond motifs is 1. The summed E-state index contributed by atoms with van der Waals surface area (Å²) in [7, 11) is 0. The molecular formula is C15H10BrF3N2. The summed E-state index contributed by atoms with van der Waals surface area (Å²) in [5, 5.41) is 0. The van der Waals surface area contributed by atoms with Gasteiger partial charge in [0.1, 0.15) is 10.3 Å². The van der Waals surface area contributed by atoms with Gasteiger partial charge in [0.05, 0.1) is 11.8 Å². The van der Waals surface area contributed by atoms with E-state index < -0.39 is 11.7 Å². The number of aryl methyl sites for hydroxylation is 1. The van der Waals surface area contributed by atoms with Crippen molar-refractivity contribution in [3.63, 3.8) is 0 Å². The number of halogens is 4. The van der Waals surface area contributed by atoms with Crippen LogP contribution >= 0.6 is 15.9 Å². The quantitative estimate of drug-likeness (QED) is 0.594. The number of alkyl halides is 3. The second-order valence-electron chi connectivity index (χ2n) is 4.73. The average molecular weight is 355 g/mol. The van der Waals surface area contributed by atoms with Crippen LogP contribution in [0.3, 0.4) is 0 Å². The van der Waals surface area contributed by atoms with Crippen molar-refractivity contribution in [2.75, 3.05) is 0 Å². The van der Waals surface area contributed by atoms with Crippen LogP contribution in [-0.4, -0.2) is 9.38 Å². The van der Waals surface area contributed by atoms with Crippen molar-refractivity contribution in [1.82, 2.24) is 9.38 Å². The van der Waals surface area contributed by atoms with Crippen molar-refractivity contribution < 1.29 is 13.2 Å². The van der Waals surface area contributed by atoms with Crippen LogP contribution < -0.4 is 0 Å². The van der Waals surface area contributed by atoms with Gasteiger partial charge in [0.15, 0.2) is 0 Å². The van der Waals surface area contributed by atoms with Crippen LogP contribution in [0.5, 0.6) is 0 Å². The minimum Gasteiger partial charge on any atom is -0.293 e. The van der Waals surface area contributed by atoms with Crippen LogP contribution in [0.25, 0.3) is 16.8 Å². The molecule has 0 aliphatic rings. The molecule has 2 nitrogen and oxygen atoms in total. The lowest BCUT2D eigenvalue weighted by atomic mass is 10.0. The average Bonchev–Trinajstić information content (AvgIpc) is 2.79. The summed E-state index contributed by atoms with van der Waals surface area (Å²) < 4.78 is 41.7. The van der Waals surface area contributed by atoms with Gasteiger partial charge in [-0.2, -0.15) is 13.2 Å². The Labute approximate surface area is 127 Å². The third kappa shape index (κ3) is 2.44. The van der Waals surface area contributed by atoms with Crippen molar-refractivity contribution >= 4 is 21.6 Å². The molecule has 1 aromatic carbocycles. The number of hydrogen-bond acceptors (Lipinski definition) is 1. The van der Waals surface area contributed by atoms with Crippen molar-refractivity contribution in [3.8, 4) is 11.1 Å². The molecule has 0 amide bonds. The molecule has 3 rings (SSSR count). The summed E-state index contributed by atoms with van der Waals surface area (Å²) in [4.78, 5) is 3.84. The molecule has 3 aromatic rings. The number of pyridine rings is 1. The molecule has 2 heterocycles. The molecular weight excluding hydrogens is 345 g/mol. The summed E-state index contributed by atoms with van der Waals surface area (Å²) in [6, 6.07) is 8.49. The molecule has 0 unspecified atom stereocenters. The maximum absolute atomic E-state index is 13.3. The highest BCUT2D eigenvalue weighted by Crippen LogP contribution is 2.36. The molecule has 0 spiro atoms. The second-order valence-corrected chi connectivity index (χ2v) is 5.54. The Morgan fingerprint density at radius 2 is 1.90 bits per heavy atom. The molecule has 6 heteroatoms. The molecule has 0 bridgehead atoms. The van der Waals surface area contributed by atoms with Gasteiger partial charge in [0.25, 0.3) is 0 Å². The van der Waals surface area contributed by atoms with E-state index in [1.54, 1.807) is 6.20 Å². The van der Waals surface area contributed by atoms with E-state index in [0.29, 0.717) is 10.2 Å². The highest BCUT2D eigenvalue weighted by molar-refractivity contribution is 9.10. The Bertz CT molecular complexity index is 821. The normalized spacial score (nSPS) is 12.0. The van der Waals surface area contributed by atoms with Crippen LogP contribution in [0, 0.1) is 6.92 Å². The van der Waals surface area contributed by atoms with Crippen molar-refractivity contribution in [2.24, 2.45) is 0 Å². The van der Waals surface area contributed by atoms with Crippen LogP contribution in [0.4, 0.5) is 13.2 Å². The molecule has 0 radical (unpaired) electrons. The second kappa shape index (κ2) is 4.87. The van der Waals surface area contributed by atoms with E-state index in [0.717, 1.165) is 17.2 Å². The van der Waals surface area contributed by atoms with Crippen LogP contribution in [0.15, 0.2) is 47.3 Å². The Morgan fingerprint density at radius 3 is 2.57 bits per heavy atom. The molecule has 0 fully saturated rings. The van der Waals surface area contributed by atoms with E-state index in [4.69, 9.17) is 0 Å². The topological polar surface area (TPSA) is 17.3 Å². The molecule has 21 heavy (non-hydrogen) atoms.